The molecule has 3 N–H and O–H groups in total. The lowest BCUT2D eigenvalue weighted by atomic mass is 10.2. The number of rotatable bonds is 6. The number of benzene rings is 1. The van der Waals surface area contributed by atoms with Crippen LogP contribution >= 0.6 is 0 Å². The highest BCUT2D eigenvalue weighted by molar-refractivity contribution is 5.39. The molecule has 0 fully saturated rings. The Hall–Kier alpha value is -2.08. The number of aromatic amines is 1. The summed E-state index contributed by atoms with van der Waals surface area (Å²) in [4.78, 5) is 4.03. The molecule has 0 spiro atoms. The minimum Gasteiger partial charge on any atom is -0.507 e. The highest BCUT2D eigenvalue weighted by Crippen LogP contribution is 2.22. The summed E-state index contributed by atoms with van der Waals surface area (Å²) in [6, 6.07) is 5.27. The second kappa shape index (κ2) is 6.02. The molecule has 0 atom stereocenters. The normalized spacial score (nSPS) is 10.5. The van der Waals surface area contributed by atoms with Gasteiger partial charge in [-0.15, -0.1) is 0 Å². The number of methoxy groups -OCH3 is 1. The number of H-pyrrole nitrogens is 1. The van der Waals surface area contributed by atoms with Gasteiger partial charge in [0.15, 0.2) is 0 Å². The van der Waals surface area contributed by atoms with Gasteiger partial charge in [-0.05, 0) is 6.07 Å². The average Bonchev–Trinajstić information content (AvgIpc) is 2.89. The van der Waals surface area contributed by atoms with Crippen LogP contribution in [0.5, 0.6) is 11.5 Å². The second-order valence-corrected chi connectivity index (χ2v) is 3.85. The van der Waals surface area contributed by atoms with Crippen molar-refractivity contribution >= 4 is 0 Å². The number of hydrogen-bond donors (Lipinski definition) is 3. The molecule has 6 heteroatoms. The van der Waals surface area contributed by atoms with Gasteiger partial charge in [-0.2, -0.15) is 5.10 Å². The molecule has 0 radical (unpaired) electrons. The molecule has 2 rings (SSSR count). The van der Waals surface area contributed by atoms with Crippen LogP contribution in [0.1, 0.15) is 11.4 Å². The van der Waals surface area contributed by atoms with Crippen LogP contribution in [0.25, 0.3) is 0 Å². The van der Waals surface area contributed by atoms with Crippen molar-refractivity contribution in [2.45, 2.75) is 13.0 Å². The van der Waals surface area contributed by atoms with E-state index in [4.69, 9.17) is 4.74 Å². The summed E-state index contributed by atoms with van der Waals surface area (Å²) < 4.78 is 5.02. The molecule has 2 aromatic rings. The van der Waals surface area contributed by atoms with Crippen molar-refractivity contribution in [2.75, 3.05) is 13.7 Å². The molecule has 18 heavy (non-hydrogen) atoms. The first kappa shape index (κ1) is 12.4. The van der Waals surface area contributed by atoms with Gasteiger partial charge in [0.2, 0.25) is 0 Å². The fourth-order valence-corrected chi connectivity index (χ4v) is 1.60. The predicted molar refractivity (Wildman–Crippen MR) is 66.5 cm³/mol. The summed E-state index contributed by atoms with van der Waals surface area (Å²) in [5, 5.41) is 19.6. The Morgan fingerprint density at radius 3 is 3.00 bits per heavy atom. The quantitative estimate of drug-likeness (QED) is 0.660. The number of phenols is 1. The van der Waals surface area contributed by atoms with Crippen molar-refractivity contribution in [1.82, 2.24) is 20.5 Å². The summed E-state index contributed by atoms with van der Waals surface area (Å²) in [7, 11) is 1.57. The molecule has 96 valence electrons. The van der Waals surface area contributed by atoms with Crippen LogP contribution < -0.4 is 10.1 Å². The Bertz CT molecular complexity index is 485. The summed E-state index contributed by atoms with van der Waals surface area (Å²) in [5.41, 5.74) is 0.841. The highest BCUT2D eigenvalue weighted by atomic mass is 16.5. The van der Waals surface area contributed by atoms with Crippen LogP contribution in [0.2, 0.25) is 0 Å². The number of ether oxygens (including phenoxy) is 1. The molecule has 0 saturated heterocycles. The minimum atomic E-state index is 0.238. The zero-order valence-corrected chi connectivity index (χ0v) is 10.2. The summed E-state index contributed by atoms with van der Waals surface area (Å²) in [6.45, 7) is 1.37. The van der Waals surface area contributed by atoms with E-state index < -0.39 is 0 Å². The maximum Gasteiger partial charge on any atom is 0.137 e. The summed E-state index contributed by atoms with van der Waals surface area (Å²) in [6.07, 6.45) is 2.27. The number of hydrogen-bond acceptors (Lipinski definition) is 5. The van der Waals surface area contributed by atoms with Crippen molar-refractivity contribution in [3.8, 4) is 11.5 Å². The van der Waals surface area contributed by atoms with E-state index >= 15 is 0 Å². The van der Waals surface area contributed by atoms with E-state index in [-0.39, 0.29) is 5.75 Å². The molecule has 1 aromatic carbocycles. The van der Waals surface area contributed by atoms with Crippen molar-refractivity contribution in [3.63, 3.8) is 0 Å². The molecule has 1 aromatic heterocycles. The van der Waals surface area contributed by atoms with Crippen LogP contribution in [0.3, 0.4) is 0 Å². The van der Waals surface area contributed by atoms with Crippen molar-refractivity contribution in [3.05, 3.63) is 35.9 Å². The van der Waals surface area contributed by atoms with Crippen LogP contribution in [-0.2, 0) is 13.0 Å². The van der Waals surface area contributed by atoms with Crippen LogP contribution in [0.4, 0.5) is 0 Å². The molecular formula is C12H16N4O2. The van der Waals surface area contributed by atoms with Gasteiger partial charge in [-0.3, -0.25) is 5.10 Å². The minimum absolute atomic E-state index is 0.238. The number of nitrogens with zero attached hydrogens (tertiary/aromatic N) is 2. The van der Waals surface area contributed by atoms with Gasteiger partial charge in [0.1, 0.15) is 23.7 Å². The van der Waals surface area contributed by atoms with Crippen LogP contribution in [0.15, 0.2) is 24.5 Å². The lowest BCUT2D eigenvalue weighted by Gasteiger charge is -2.07. The monoisotopic (exact) mass is 248 g/mol. The lowest BCUT2D eigenvalue weighted by molar-refractivity contribution is 0.406. The van der Waals surface area contributed by atoms with Gasteiger partial charge >= 0.3 is 0 Å². The van der Waals surface area contributed by atoms with E-state index in [0.717, 1.165) is 24.4 Å². The van der Waals surface area contributed by atoms with Crippen molar-refractivity contribution < 1.29 is 9.84 Å². The van der Waals surface area contributed by atoms with Gasteiger partial charge in [0.05, 0.1) is 7.11 Å². The van der Waals surface area contributed by atoms with Crippen molar-refractivity contribution in [2.24, 2.45) is 0 Å². The maximum atomic E-state index is 9.76. The van der Waals surface area contributed by atoms with Crippen LogP contribution in [0, 0.1) is 0 Å². The first-order valence-electron chi connectivity index (χ1n) is 5.70. The standard InChI is InChI=1S/C12H16N4O2/c1-18-10-3-2-9(11(17)6-10)7-13-5-4-12-14-8-15-16-12/h2-3,6,8,13,17H,4-5,7H2,1H3,(H,14,15,16). The van der Waals surface area contributed by atoms with Gasteiger partial charge in [0.25, 0.3) is 0 Å². The van der Waals surface area contributed by atoms with E-state index in [1.165, 1.54) is 6.33 Å². The van der Waals surface area contributed by atoms with Gasteiger partial charge in [-0.25, -0.2) is 4.98 Å². The van der Waals surface area contributed by atoms with Crippen LogP contribution in [-0.4, -0.2) is 33.9 Å². The first-order valence-corrected chi connectivity index (χ1v) is 5.70. The number of phenolic OH excluding ortho intramolecular Hbond substituents is 1. The first-order chi connectivity index (χ1) is 8.79. The topological polar surface area (TPSA) is 83.1 Å². The Kier molecular flexibility index (Phi) is 4.14. The molecule has 6 nitrogen and oxygen atoms in total. The molecular weight excluding hydrogens is 232 g/mol. The number of nitrogens with one attached hydrogen (secondary N) is 2. The molecule has 0 unspecified atom stereocenters. The average molecular weight is 248 g/mol. The number of aromatic nitrogens is 3. The van der Waals surface area contributed by atoms with Gasteiger partial charge < -0.3 is 15.2 Å². The zero-order chi connectivity index (χ0) is 12.8. The lowest BCUT2D eigenvalue weighted by Crippen LogP contribution is -2.17. The third-order valence-electron chi connectivity index (χ3n) is 2.61. The van der Waals surface area contributed by atoms with Gasteiger partial charge in [0, 0.05) is 31.1 Å². The number of aromatic hydroxyl groups is 1. The third kappa shape index (κ3) is 3.21. The Morgan fingerprint density at radius 1 is 1.44 bits per heavy atom. The predicted octanol–water partition coefficient (Wildman–Crippen LogP) is 0.851. The van der Waals surface area contributed by atoms with E-state index in [1.54, 1.807) is 13.2 Å². The molecule has 0 aliphatic carbocycles. The largest absolute Gasteiger partial charge is 0.507 e. The molecule has 1 heterocycles. The Balaban J connectivity index is 1.79. The molecule has 0 bridgehead atoms. The Labute approximate surface area is 105 Å². The molecule has 0 saturated carbocycles. The molecule has 0 aliphatic rings. The van der Waals surface area contributed by atoms with E-state index in [9.17, 15) is 5.11 Å². The fourth-order valence-electron chi connectivity index (χ4n) is 1.60. The van der Waals surface area contributed by atoms with Gasteiger partial charge in [-0.1, -0.05) is 6.07 Å². The summed E-state index contributed by atoms with van der Waals surface area (Å²) in [5.74, 6) is 1.74. The van der Waals surface area contributed by atoms with E-state index in [2.05, 4.69) is 20.5 Å². The molecule has 0 aliphatic heterocycles. The zero-order valence-electron chi connectivity index (χ0n) is 10.2. The Morgan fingerprint density at radius 2 is 2.33 bits per heavy atom. The fraction of sp³-hybridized carbons (Fsp3) is 0.333. The van der Waals surface area contributed by atoms with Crippen molar-refractivity contribution in [1.29, 1.82) is 0 Å². The van der Waals surface area contributed by atoms with E-state index in [0.29, 0.717) is 12.3 Å². The SMILES string of the molecule is COc1ccc(CNCCc2ncn[nH]2)c(O)c1. The highest BCUT2D eigenvalue weighted by Gasteiger charge is 2.03. The maximum absolute atomic E-state index is 9.76. The summed E-state index contributed by atoms with van der Waals surface area (Å²) >= 11 is 0. The van der Waals surface area contributed by atoms with E-state index in [1.807, 2.05) is 12.1 Å². The second-order valence-electron chi connectivity index (χ2n) is 3.85. The third-order valence-corrected chi connectivity index (χ3v) is 2.61. The smallest absolute Gasteiger partial charge is 0.137 e. The molecule has 0 amide bonds.